The van der Waals surface area contributed by atoms with E-state index in [4.69, 9.17) is 4.74 Å². The maximum atomic E-state index is 12.5. The summed E-state index contributed by atoms with van der Waals surface area (Å²) in [7, 11) is 0. The molecule has 0 saturated heterocycles. The second-order valence-electron chi connectivity index (χ2n) is 5.48. The zero-order valence-corrected chi connectivity index (χ0v) is 13.8. The maximum Gasteiger partial charge on any atom is 0.173 e. The van der Waals surface area contributed by atoms with E-state index in [0.29, 0.717) is 23.5 Å². The van der Waals surface area contributed by atoms with E-state index in [1.54, 1.807) is 54.6 Å². The fourth-order valence-corrected chi connectivity index (χ4v) is 2.34. The molecule has 0 heterocycles. The van der Waals surface area contributed by atoms with Crippen LogP contribution in [0.4, 0.5) is 0 Å². The summed E-state index contributed by atoms with van der Waals surface area (Å²) in [6.45, 7) is 3.89. The van der Waals surface area contributed by atoms with Crippen LogP contribution in [0.3, 0.4) is 0 Å². The highest BCUT2D eigenvalue weighted by molar-refractivity contribution is 6.17. The molecule has 0 amide bonds. The van der Waals surface area contributed by atoms with Gasteiger partial charge >= 0.3 is 0 Å². The topological polar surface area (TPSA) is 60.4 Å². The van der Waals surface area contributed by atoms with Crippen molar-refractivity contribution in [2.24, 2.45) is 5.92 Å². The van der Waals surface area contributed by atoms with Crippen LogP contribution in [0.2, 0.25) is 0 Å². The Bertz CT molecular complexity index is 734. The first kappa shape index (κ1) is 17.6. The highest BCUT2D eigenvalue weighted by atomic mass is 16.5. The Hall–Kier alpha value is -2.75. The molecule has 0 radical (unpaired) electrons. The Morgan fingerprint density at radius 3 is 2.29 bits per heavy atom. The Balaban J connectivity index is 2.06. The van der Waals surface area contributed by atoms with Crippen LogP contribution < -0.4 is 4.74 Å². The van der Waals surface area contributed by atoms with Crippen LogP contribution in [0.1, 0.15) is 41.0 Å². The van der Waals surface area contributed by atoms with E-state index in [-0.39, 0.29) is 23.8 Å². The number of carbonyl (C=O) groups excluding carboxylic acids is 3. The number of ketones is 3. The predicted octanol–water partition coefficient (Wildman–Crippen LogP) is 3.75. The molecule has 0 fully saturated rings. The van der Waals surface area contributed by atoms with Gasteiger partial charge in [-0.2, -0.15) is 0 Å². The Morgan fingerprint density at radius 2 is 1.62 bits per heavy atom. The molecule has 0 aliphatic heterocycles. The maximum absolute atomic E-state index is 12.5. The zero-order chi connectivity index (χ0) is 17.5. The minimum atomic E-state index is -0.866. The molecule has 0 aromatic heterocycles. The number of ether oxygens (including phenoxy) is 1. The molecule has 4 heteroatoms. The lowest BCUT2D eigenvalue weighted by atomic mass is 9.91. The minimum Gasteiger partial charge on any atom is -0.494 e. The molecule has 0 saturated carbocycles. The second kappa shape index (κ2) is 8.20. The van der Waals surface area contributed by atoms with Crippen molar-refractivity contribution in [3.8, 4) is 5.75 Å². The largest absolute Gasteiger partial charge is 0.494 e. The van der Waals surface area contributed by atoms with Crippen molar-refractivity contribution in [1.29, 1.82) is 0 Å². The predicted molar refractivity (Wildman–Crippen MR) is 91.5 cm³/mol. The van der Waals surface area contributed by atoms with E-state index in [0.717, 1.165) is 0 Å². The van der Waals surface area contributed by atoms with Crippen molar-refractivity contribution in [1.82, 2.24) is 0 Å². The van der Waals surface area contributed by atoms with Crippen molar-refractivity contribution in [2.75, 3.05) is 6.61 Å². The zero-order valence-electron chi connectivity index (χ0n) is 13.8. The van der Waals surface area contributed by atoms with Gasteiger partial charge < -0.3 is 4.74 Å². The Morgan fingerprint density at radius 1 is 0.958 bits per heavy atom. The number of hydrogen-bond donors (Lipinski definition) is 0. The van der Waals surface area contributed by atoms with Crippen LogP contribution in [0, 0.1) is 5.92 Å². The summed E-state index contributed by atoms with van der Waals surface area (Å²) in [5.74, 6) is -1.24. The molecule has 2 rings (SSSR count). The van der Waals surface area contributed by atoms with E-state index in [2.05, 4.69) is 0 Å². The highest BCUT2D eigenvalue weighted by Gasteiger charge is 2.25. The molecule has 0 bridgehead atoms. The van der Waals surface area contributed by atoms with Crippen molar-refractivity contribution in [3.05, 3.63) is 65.7 Å². The lowest BCUT2D eigenvalue weighted by molar-refractivity contribution is -0.120. The molecular formula is C20H20O4. The van der Waals surface area contributed by atoms with Gasteiger partial charge in [-0.25, -0.2) is 0 Å². The van der Waals surface area contributed by atoms with Gasteiger partial charge in [0.2, 0.25) is 0 Å². The average Bonchev–Trinajstić information content (AvgIpc) is 2.61. The average molecular weight is 324 g/mol. The fourth-order valence-electron chi connectivity index (χ4n) is 2.34. The van der Waals surface area contributed by atoms with Crippen LogP contribution in [-0.2, 0) is 4.79 Å². The lowest BCUT2D eigenvalue weighted by Gasteiger charge is -2.11. The van der Waals surface area contributed by atoms with E-state index < -0.39 is 5.92 Å². The molecular weight excluding hydrogens is 304 g/mol. The smallest absolute Gasteiger partial charge is 0.173 e. The van der Waals surface area contributed by atoms with Crippen LogP contribution in [-0.4, -0.2) is 24.0 Å². The van der Waals surface area contributed by atoms with Gasteiger partial charge in [0.05, 0.1) is 18.9 Å². The Labute approximate surface area is 141 Å². The fraction of sp³-hybridized carbons (Fsp3) is 0.250. The minimum absolute atomic E-state index is 0.275. The van der Waals surface area contributed by atoms with E-state index >= 15 is 0 Å². The van der Waals surface area contributed by atoms with Crippen molar-refractivity contribution in [3.63, 3.8) is 0 Å². The molecule has 2 aromatic rings. The summed E-state index contributed by atoms with van der Waals surface area (Å²) in [6, 6.07) is 15.3. The van der Waals surface area contributed by atoms with Crippen molar-refractivity contribution >= 4 is 17.3 Å². The third-order valence-electron chi connectivity index (χ3n) is 3.74. The molecule has 0 aliphatic carbocycles. The monoisotopic (exact) mass is 324 g/mol. The summed E-state index contributed by atoms with van der Waals surface area (Å²) >= 11 is 0. The summed E-state index contributed by atoms with van der Waals surface area (Å²) < 4.78 is 5.37. The first-order chi connectivity index (χ1) is 11.5. The standard InChI is InChI=1S/C20H20O4/c1-3-24-17-11-7-10-16(12-17)20(23)14(2)18(21)13-19(22)15-8-5-4-6-9-15/h4-12,14H,3,13H2,1-2H3. The van der Waals surface area contributed by atoms with Crippen LogP contribution in [0.5, 0.6) is 5.75 Å². The first-order valence-corrected chi connectivity index (χ1v) is 7.91. The number of benzene rings is 2. The molecule has 2 aromatic carbocycles. The molecule has 124 valence electrons. The summed E-state index contributed by atoms with van der Waals surface area (Å²) in [6.07, 6.45) is -0.276. The quantitative estimate of drug-likeness (QED) is 0.548. The number of hydrogen-bond acceptors (Lipinski definition) is 4. The van der Waals surface area contributed by atoms with Gasteiger partial charge in [-0.15, -0.1) is 0 Å². The van der Waals surface area contributed by atoms with Crippen molar-refractivity contribution in [2.45, 2.75) is 20.3 Å². The van der Waals surface area contributed by atoms with Crippen LogP contribution in [0.15, 0.2) is 54.6 Å². The lowest BCUT2D eigenvalue weighted by Crippen LogP contribution is -2.23. The van der Waals surface area contributed by atoms with Crippen LogP contribution in [0.25, 0.3) is 0 Å². The summed E-state index contributed by atoms with van der Waals surface area (Å²) in [5.41, 5.74) is 0.887. The molecule has 1 unspecified atom stereocenters. The number of Topliss-reactive ketones (excluding diaryl/α,β-unsaturated/α-hetero) is 3. The van der Waals surface area contributed by atoms with Gasteiger partial charge in [0.1, 0.15) is 5.75 Å². The molecule has 24 heavy (non-hydrogen) atoms. The van der Waals surface area contributed by atoms with E-state index in [1.165, 1.54) is 6.92 Å². The second-order valence-corrected chi connectivity index (χ2v) is 5.48. The normalized spacial score (nSPS) is 11.6. The third-order valence-corrected chi connectivity index (χ3v) is 3.74. The Kier molecular flexibility index (Phi) is 6.01. The molecule has 0 aliphatic rings. The van der Waals surface area contributed by atoms with Gasteiger partial charge in [0.25, 0.3) is 0 Å². The van der Waals surface area contributed by atoms with E-state index in [9.17, 15) is 14.4 Å². The number of carbonyl (C=O) groups is 3. The summed E-state index contributed by atoms with van der Waals surface area (Å²) in [4.78, 5) is 36.9. The molecule has 0 N–H and O–H groups in total. The van der Waals surface area contributed by atoms with Gasteiger partial charge in [-0.05, 0) is 26.0 Å². The van der Waals surface area contributed by atoms with Gasteiger partial charge in [0, 0.05) is 11.1 Å². The molecule has 0 spiro atoms. The molecule has 4 nitrogen and oxygen atoms in total. The SMILES string of the molecule is CCOc1cccc(C(=O)C(C)C(=O)CC(=O)c2ccccc2)c1. The number of rotatable bonds is 8. The highest BCUT2D eigenvalue weighted by Crippen LogP contribution is 2.18. The molecule has 1 atom stereocenters. The first-order valence-electron chi connectivity index (χ1n) is 7.91. The van der Waals surface area contributed by atoms with E-state index in [1.807, 2.05) is 6.92 Å². The summed E-state index contributed by atoms with van der Waals surface area (Å²) in [5, 5.41) is 0. The van der Waals surface area contributed by atoms with Gasteiger partial charge in [0.15, 0.2) is 17.3 Å². The van der Waals surface area contributed by atoms with Crippen LogP contribution >= 0.6 is 0 Å². The van der Waals surface area contributed by atoms with Crippen molar-refractivity contribution < 1.29 is 19.1 Å². The van der Waals surface area contributed by atoms with Gasteiger partial charge in [-0.1, -0.05) is 42.5 Å². The van der Waals surface area contributed by atoms with Gasteiger partial charge in [-0.3, -0.25) is 14.4 Å². The third kappa shape index (κ3) is 4.38.